The summed E-state index contributed by atoms with van der Waals surface area (Å²) >= 11 is 6.69. The van der Waals surface area contributed by atoms with Gasteiger partial charge < -0.3 is 55.8 Å². The predicted molar refractivity (Wildman–Crippen MR) is 317 cm³/mol. The fourth-order valence-corrected chi connectivity index (χ4v) is 9.02. The number of halogens is 3. The molecule has 2 amide bonds. The summed E-state index contributed by atoms with van der Waals surface area (Å²) in [7, 11) is 0. The van der Waals surface area contributed by atoms with Crippen molar-refractivity contribution in [3.63, 3.8) is 0 Å². The number of benzene rings is 2. The van der Waals surface area contributed by atoms with E-state index in [4.69, 9.17) is 41.0 Å². The smallest absolute Gasteiger partial charge is 0.316 e. The molecule has 7 aromatic heterocycles. The summed E-state index contributed by atoms with van der Waals surface area (Å²) in [4.78, 5) is 59.6. The Morgan fingerprint density at radius 2 is 1.61 bits per heavy atom. The lowest BCUT2D eigenvalue weighted by Crippen LogP contribution is -2.32. The number of pyridine rings is 2. The van der Waals surface area contributed by atoms with Crippen LogP contribution in [0.4, 0.5) is 26.1 Å². The Balaban J connectivity index is 0.573. The number of rotatable bonds is 34. The van der Waals surface area contributed by atoms with E-state index in [9.17, 15) is 24.3 Å². The molecule has 9 aromatic rings. The number of nitrogens with zero attached hydrogens (tertiary/aromatic N) is 15. The van der Waals surface area contributed by atoms with Crippen molar-refractivity contribution in [3.05, 3.63) is 130 Å². The van der Waals surface area contributed by atoms with Gasteiger partial charge >= 0.3 is 6.01 Å². The molecule has 0 aliphatic heterocycles. The van der Waals surface area contributed by atoms with Crippen molar-refractivity contribution in [2.45, 2.75) is 77.7 Å². The number of aromatic nitrogens is 15. The van der Waals surface area contributed by atoms with Crippen molar-refractivity contribution in [3.8, 4) is 29.2 Å². The van der Waals surface area contributed by atoms with Crippen LogP contribution in [0.2, 0.25) is 5.02 Å². The Kier molecular flexibility index (Phi) is 22.6. The number of carbonyl (C=O) groups excluding carboxylic acids is 2. The maximum absolute atomic E-state index is 15.5. The number of ether oxygens (including phenoxy) is 5. The zero-order valence-electron chi connectivity index (χ0n) is 48.3. The number of nitrogens with one attached hydrogen (secondary N) is 5. The van der Waals surface area contributed by atoms with E-state index in [0.29, 0.717) is 97.9 Å². The van der Waals surface area contributed by atoms with E-state index in [2.05, 4.69) is 92.1 Å². The lowest BCUT2D eigenvalue weighted by molar-refractivity contribution is -0.121. The molecule has 0 radical (unpaired) electrons. The second kappa shape index (κ2) is 31.7. The van der Waals surface area contributed by atoms with E-state index in [1.54, 1.807) is 42.8 Å². The quantitative estimate of drug-likeness (QED) is 0.0228. The molecule has 8 N–H and O–H groups in total. The van der Waals surface area contributed by atoms with E-state index in [1.165, 1.54) is 42.9 Å². The summed E-state index contributed by atoms with van der Waals surface area (Å²) in [5.74, 6) is -2.05. The summed E-state index contributed by atoms with van der Waals surface area (Å²) < 4.78 is 60.3. The molecule has 32 heteroatoms. The van der Waals surface area contributed by atoms with Crippen LogP contribution in [-0.2, 0) is 43.4 Å². The van der Waals surface area contributed by atoms with Gasteiger partial charge in [-0.3, -0.25) is 14.3 Å². The molecule has 7 heterocycles. The molecule has 9 rings (SSSR count). The van der Waals surface area contributed by atoms with Crippen molar-refractivity contribution in [1.29, 1.82) is 5.26 Å². The first kappa shape index (κ1) is 63.6. The maximum atomic E-state index is 15.5. The van der Waals surface area contributed by atoms with E-state index < -0.39 is 29.6 Å². The number of H-pyrrole nitrogens is 1. The number of carbonyl (C=O) groups is 2. The first-order valence-electron chi connectivity index (χ1n) is 28.2. The third kappa shape index (κ3) is 18.1. The Morgan fingerprint density at radius 1 is 0.843 bits per heavy atom. The van der Waals surface area contributed by atoms with Crippen LogP contribution in [0, 0.1) is 29.9 Å². The van der Waals surface area contributed by atoms with Crippen molar-refractivity contribution in [2.75, 3.05) is 75.8 Å². The monoisotopic (exact) mass is 1240 g/mol. The van der Waals surface area contributed by atoms with Gasteiger partial charge in [-0.05, 0) is 82.0 Å². The van der Waals surface area contributed by atoms with Crippen molar-refractivity contribution < 1.29 is 47.2 Å². The fourth-order valence-electron chi connectivity index (χ4n) is 8.83. The second-order valence-corrected chi connectivity index (χ2v) is 20.2. The SMILES string of the molecule is Cc1nc2cc(F)c(-c3cnc(OCCCCCn4cc(COCCOCCOCCOCCNC(=O)CC[C@H](NC(=O)c5ccc(NCc6cnc7nc(N)nc(O)c7n6)cc5)c5nn[nH]n5)nn4)nc3)nc2c(N[C@H](C)c2cc(C#N)ccc2F)c1Cl. The number of hydrogen-bond donors (Lipinski definition) is 7. The van der Waals surface area contributed by atoms with Crippen LogP contribution in [0.5, 0.6) is 11.9 Å². The first-order valence-corrected chi connectivity index (χ1v) is 28.6. The van der Waals surface area contributed by atoms with Gasteiger partial charge in [0.25, 0.3) is 5.91 Å². The number of amides is 2. The zero-order valence-corrected chi connectivity index (χ0v) is 49.1. The minimum Gasteiger partial charge on any atom is -0.492 e. The Morgan fingerprint density at radius 3 is 2.36 bits per heavy atom. The van der Waals surface area contributed by atoms with E-state index >= 15 is 4.39 Å². The number of unbranched alkanes of at least 4 members (excludes halogenated alkanes) is 2. The number of nitriles is 1. The fraction of sp³-hybridized carbons (Fsp3) is 0.368. The lowest BCUT2D eigenvalue weighted by atomic mass is 10.0. The second-order valence-electron chi connectivity index (χ2n) is 19.9. The highest BCUT2D eigenvalue weighted by Gasteiger charge is 2.23. The number of nitrogens with two attached hydrogens (primary N) is 1. The molecule has 0 spiro atoms. The maximum Gasteiger partial charge on any atom is 0.316 e. The average molecular weight is 1240 g/mol. The number of hydrogen-bond acceptors (Lipinski definition) is 25. The summed E-state index contributed by atoms with van der Waals surface area (Å²) in [6, 6.07) is 12.8. The highest BCUT2D eigenvalue weighted by molar-refractivity contribution is 6.35. The van der Waals surface area contributed by atoms with Gasteiger partial charge in [0, 0.05) is 60.3 Å². The minimum absolute atomic E-state index is 0.0392. The standard InChI is InChI=1S/C57H62ClF2N21O8/c1-33(41-24-35(26-61)6-11-42(41)59)69-50-47(58)34(2)68-45-25-43(60)48(72-49(45)50)37-27-66-57(67-28-37)89-16-5-3-4-15-81-31-40(75-80-81)32-88-23-22-87-21-20-86-19-18-85-17-14-63-46(82)13-12-44(52-76-78-79-77-52)71-54(83)36-7-9-38(10-8-36)64-29-39-30-65-53-51(70-39)55(84)74-56(62)73-53/h6-11,24-25,27-28,30-31,33,44,64H,3-5,12-23,29,32H2,1-2H3,(H,63,82)(H,68,69)(H,71,83)(H,76,77,78,79)(H3,62,65,73,74,84)/t33-,44+/m1/s1. The van der Waals surface area contributed by atoms with Gasteiger partial charge in [0.1, 0.15) is 22.7 Å². The molecule has 0 fully saturated rings. The van der Waals surface area contributed by atoms with Crippen LogP contribution in [-0.4, -0.2) is 152 Å². The van der Waals surface area contributed by atoms with Crippen LogP contribution in [0.1, 0.15) is 95.5 Å². The lowest BCUT2D eigenvalue weighted by Gasteiger charge is -2.20. The molecule has 0 unspecified atom stereocenters. The largest absolute Gasteiger partial charge is 0.492 e. The highest BCUT2D eigenvalue weighted by atomic mass is 35.5. The molecular weight excluding hydrogens is 1180 g/mol. The van der Waals surface area contributed by atoms with Crippen molar-refractivity contribution >= 4 is 62.9 Å². The molecule has 2 atom stereocenters. The van der Waals surface area contributed by atoms with Crippen molar-refractivity contribution in [1.82, 2.24) is 86.1 Å². The van der Waals surface area contributed by atoms with Gasteiger partial charge in [0.2, 0.25) is 17.7 Å². The molecule has 0 aliphatic rings. The number of aryl methyl sites for hydroxylation is 2. The number of aromatic hydroxyl groups is 1. The molecule has 0 saturated heterocycles. The first-order chi connectivity index (χ1) is 43.3. The minimum atomic E-state index is -0.699. The zero-order chi connectivity index (χ0) is 62.5. The van der Waals surface area contributed by atoms with Gasteiger partial charge in [-0.2, -0.15) is 20.4 Å². The van der Waals surface area contributed by atoms with Crippen LogP contribution in [0.15, 0.2) is 73.3 Å². The number of nitrogen functional groups attached to an aromatic ring is 1. The predicted octanol–water partition coefficient (Wildman–Crippen LogP) is 5.99. The van der Waals surface area contributed by atoms with Gasteiger partial charge in [-0.1, -0.05) is 22.0 Å². The number of fused-ring (bicyclic) bond motifs is 2. The van der Waals surface area contributed by atoms with Crippen LogP contribution in [0.3, 0.4) is 0 Å². The van der Waals surface area contributed by atoms with Gasteiger partial charge in [0.15, 0.2) is 22.8 Å². The molecule has 0 bridgehead atoms. The van der Waals surface area contributed by atoms with E-state index in [0.717, 1.165) is 19.3 Å². The van der Waals surface area contributed by atoms with Crippen LogP contribution in [0.25, 0.3) is 33.5 Å². The van der Waals surface area contributed by atoms with E-state index in [-0.39, 0.29) is 107 Å². The molecule has 89 heavy (non-hydrogen) atoms. The highest BCUT2D eigenvalue weighted by Crippen LogP contribution is 2.37. The van der Waals surface area contributed by atoms with Crippen LogP contribution < -0.4 is 31.7 Å². The third-order valence-corrected chi connectivity index (χ3v) is 13.8. The summed E-state index contributed by atoms with van der Waals surface area (Å²) in [5, 5.41) is 54.1. The molecular formula is C57H62ClF2N21O8. The van der Waals surface area contributed by atoms with Crippen LogP contribution >= 0.6 is 11.6 Å². The molecule has 0 aliphatic carbocycles. The Labute approximate surface area is 511 Å². The summed E-state index contributed by atoms with van der Waals surface area (Å²) in [6.07, 6.45) is 8.83. The summed E-state index contributed by atoms with van der Waals surface area (Å²) in [6.45, 7) is 7.62. The third-order valence-electron chi connectivity index (χ3n) is 13.4. The van der Waals surface area contributed by atoms with Gasteiger partial charge in [-0.25, -0.2) is 38.7 Å². The normalized spacial score (nSPS) is 12.0. The molecule has 2 aromatic carbocycles. The summed E-state index contributed by atoms with van der Waals surface area (Å²) in [5.41, 5.74) is 10.2. The Hall–Kier alpha value is -9.87. The number of aromatic amines is 1. The number of tetrazole rings is 1. The van der Waals surface area contributed by atoms with Gasteiger partial charge in [0.05, 0.1) is 130 Å². The Bertz CT molecular complexity index is 3870. The van der Waals surface area contributed by atoms with Gasteiger partial charge in [-0.15, -0.1) is 15.3 Å². The van der Waals surface area contributed by atoms with Crippen molar-refractivity contribution in [2.24, 2.45) is 0 Å². The van der Waals surface area contributed by atoms with E-state index in [1.807, 2.05) is 12.3 Å². The molecule has 464 valence electrons. The average Bonchev–Trinajstić information content (AvgIpc) is 2.46. The number of anilines is 3. The topological polar surface area (TPSA) is 387 Å². The molecule has 29 nitrogen and oxygen atoms in total. The molecule has 0 saturated carbocycles.